The summed E-state index contributed by atoms with van der Waals surface area (Å²) in [4.78, 5) is 24.0. The number of fused-ring (bicyclic) bond motifs is 1. The molecule has 0 aliphatic heterocycles. The van der Waals surface area contributed by atoms with Gasteiger partial charge in [-0.05, 0) is 45.7 Å². The number of rotatable bonds is 6. The van der Waals surface area contributed by atoms with Gasteiger partial charge in [0.25, 0.3) is 11.8 Å². The first-order chi connectivity index (χ1) is 15.7. The molecule has 2 N–H and O–H groups in total. The molecule has 2 amide bonds. The first-order valence-electron chi connectivity index (χ1n) is 10.2. The number of hydrogen-bond acceptors (Lipinski definition) is 3. The van der Waals surface area contributed by atoms with Crippen molar-refractivity contribution in [3.63, 3.8) is 0 Å². The molecule has 4 aromatic carbocycles. The Labute approximate surface area is 186 Å². The molecule has 5 heteroatoms. The molecule has 4 rings (SSSR count). The van der Waals surface area contributed by atoms with Crippen LogP contribution in [0.25, 0.3) is 28.0 Å². The zero-order valence-corrected chi connectivity index (χ0v) is 17.3. The van der Waals surface area contributed by atoms with E-state index in [-0.39, 0.29) is 6.61 Å². The van der Waals surface area contributed by atoms with Gasteiger partial charge >= 0.3 is 0 Å². The van der Waals surface area contributed by atoms with Crippen molar-refractivity contribution in [1.82, 2.24) is 10.9 Å². The number of amides is 2. The highest BCUT2D eigenvalue weighted by atomic mass is 16.5. The minimum Gasteiger partial charge on any atom is -0.484 e. The van der Waals surface area contributed by atoms with Crippen LogP contribution in [-0.2, 0) is 9.59 Å². The monoisotopic (exact) mass is 422 g/mol. The lowest BCUT2D eigenvalue weighted by Crippen LogP contribution is -2.43. The second-order valence-corrected chi connectivity index (χ2v) is 7.12. The molecule has 0 radical (unpaired) electrons. The maximum absolute atomic E-state index is 12.0. The summed E-state index contributed by atoms with van der Waals surface area (Å²) >= 11 is 0. The average Bonchev–Trinajstić information content (AvgIpc) is 2.85. The predicted octanol–water partition coefficient (Wildman–Crippen LogP) is 4.75. The van der Waals surface area contributed by atoms with Crippen molar-refractivity contribution >= 4 is 28.7 Å². The van der Waals surface area contributed by atoms with Crippen molar-refractivity contribution < 1.29 is 14.3 Å². The Hall–Kier alpha value is -4.38. The highest BCUT2D eigenvalue weighted by molar-refractivity contribution is 5.97. The molecule has 0 saturated heterocycles. The van der Waals surface area contributed by atoms with Crippen LogP contribution in [0.15, 0.2) is 103 Å². The third-order valence-electron chi connectivity index (χ3n) is 4.89. The second-order valence-electron chi connectivity index (χ2n) is 7.12. The lowest BCUT2D eigenvalue weighted by molar-refractivity contribution is -0.128. The summed E-state index contributed by atoms with van der Waals surface area (Å²) in [5, 5.41) is 2.15. The summed E-state index contributed by atoms with van der Waals surface area (Å²) in [5.41, 5.74) is 7.80. The minimum atomic E-state index is -0.455. The Balaban J connectivity index is 1.25. The van der Waals surface area contributed by atoms with Crippen molar-refractivity contribution in [3.8, 4) is 16.9 Å². The summed E-state index contributed by atoms with van der Waals surface area (Å²) in [6.45, 7) is -0.210. The standard InChI is InChI=1S/C27H22N2O3/c30-26(18-15-23-11-6-10-22-9-4-5-12-25(22)23)28-29-27(31)19-32-24-16-13-21(14-17-24)20-7-2-1-3-8-20/h1-18H,19H2,(H,28,30)(H,29,31). The largest absolute Gasteiger partial charge is 0.484 e. The van der Waals surface area contributed by atoms with Gasteiger partial charge in [0.2, 0.25) is 0 Å². The van der Waals surface area contributed by atoms with Gasteiger partial charge in [-0.2, -0.15) is 0 Å². The zero-order valence-electron chi connectivity index (χ0n) is 17.3. The lowest BCUT2D eigenvalue weighted by atomic mass is 10.0. The molecule has 5 nitrogen and oxygen atoms in total. The van der Waals surface area contributed by atoms with Crippen molar-refractivity contribution in [2.45, 2.75) is 0 Å². The maximum Gasteiger partial charge on any atom is 0.276 e. The van der Waals surface area contributed by atoms with Crippen LogP contribution in [0.1, 0.15) is 5.56 Å². The summed E-state index contributed by atoms with van der Waals surface area (Å²) < 4.78 is 5.49. The number of carbonyl (C=O) groups excluding carboxylic acids is 2. The van der Waals surface area contributed by atoms with Crippen LogP contribution in [0, 0.1) is 0 Å². The number of hydrogen-bond donors (Lipinski definition) is 2. The molecule has 0 spiro atoms. The van der Waals surface area contributed by atoms with Gasteiger partial charge in [-0.15, -0.1) is 0 Å². The normalized spacial score (nSPS) is 10.8. The quantitative estimate of drug-likeness (QED) is 0.348. The van der Waals surface area contributed by atoms with Crippen LogP contribution < -0.4 is 15.6 Å². The zero-order chi connectivity index (χ0) is 22.2. The van der Waals surface area contributed by atoms with Gasteiger partial charge in [-0.25, -0.2) is 0 Å². The lowest BCUT2D eigenvalue weighted by Gasteiger charge is -2.08. The van der Waals surface area contributed by atoms with E-state index in [0.29, 0.717) is 5.75 Å². The minimum absolute atomic E-state index is 0.210. The van der Waals surface area contributed by atoms with E-state index in [1.807, 2.05) is 84.9 Å². The van der Waals surface area contributed by atoms with Crippen LogP contribution >= 0.6 is 0 Å². The van der Waals surface area contributed by atoms with Crippen molar-refractivity contribution in [2.24, 2.45) is 0 Å². The first kappa shape index (κ1) is 20.9. The van der Waals surface area contributed by atoms with E-state index >= 15 is 0 Å². The molecule has 0 unspecified atom stereocenters. The van der Waals surface area contributed by atoms with Crippen LogP contribution in [0.4, 0.5) is 0 Å². The molecule has 0 heterocycles. The molecular formula is C27H22N2O3. The fourth-order valence-corrected chi connectivity index (χ4v) is 3.29. The highest BCUT2D eigenvalue weighted by Gasteiger charge is 2.05. The Kier molecular flexibility index (Phi) is 6.58. The van der Waals surface area contributed by atoms with Crippen LogP contribution in [0.5, 0.6) is 5.75 Å². The molecule has 0 aliphatic carbocycles. The van der Waals surface area contributed by atoms with Crippen LogP contribution in [-0.4, -0.2) is 18.4 Å². The van der Waals surface area contributed by atoms with Gasteiger partial charge < -0.3 is 4.74 Å². The van der Waals surface area contributed by atoms with Gasteiger partial charge in [-0.3, -0.25) is 20.4 Å². The van der Waals surface area contributed by atoms with Crippen molar-refractivity contribution in [1.29, 1.82) is 0 Å². The first-order valence-corrected chi connectivity index (χ1v) is 10.2. The van der Waals surface area contributed by atoms with Gasteiger partial charge in [0.1, 0.15) is 5.75 Å². The molecule has 32 heavy (non-hydrogen) atoms. The smallest absolute Gasteiger partial charge is 0.276 e. The maximum atomic E-state index is 12.0. The summed E-state index contributed by atoms with van der Waals surface area (Å²) in [7, 11) is 0. The third kappa shape index (κ3) is 5.40. The second kappa shape index (κ2) is 10.1. The average molecular weight is 422 g/mol. The molecule has 0 fully saturated rings. The Morgan fingerprint density at radius 3 is 2.22 bits per heavy atom. The SMILES string of the molecule is O=C(C=Cc1cccc2ccccc12)NNC(=O)COc1ccc(-c2ccccc2)cc1. The molecule has 0 atom stereocenters. The van der Waals surface area contributed by atoms with Crippen LogP contribution in [0.2, 0.25) is 0 Å². The molecule has 4 aromatic rings. The van der Waals surface area contributed by atoms with Crippen molar-refractivity contribution in [2.75, 3.05) is 6.61 Å². The highest BCUT2D eigenvalue weighted by Crippen LogP contribution is 2.22. The number of benzene rings is 4. The summed E-state index contributed by atoms with van der Waals surface area (Å²) in [6.07, 6.45) is 3.10. The van der Waals surface area contributed by atoms with Gasteiger partial charge in [-0.1, -0.05) is 84.9 Å². The summed E-state index contributed by atoms with van der Waals surface area (Å²) in [6, 6.07) is 31.3. The third-order valence-corrected chi connectivity index (χ3v) is 4.89. The molecule has 0 bridgehead atoms. The molecule has 158 valence electrons. The van der Waals surface area contributed by atoms with Gasteiger partial charge in [0.15, 0.2) is 6.61 Å². The number of ether oxygens (including phenoxy) is 1. The number of hydrazine groups is 1. The van der Waals surface area contributed by atoms with E-state index in [2.05, 4.69) is 10.9 Å². The van der Waals surface area contributed by atoms with Crippen molar-refractivity contribution in [3.05, 3.63) is 109 Å². The topological polar surface area (TPSA) is 67.4 Å². The van der Waals surface area contributed by atoms with E-state index < -0.39 is 11.8 Å². The van der Waals surface area contributed by atoms with E-state index in [9.17, 15) is 9.59 Å². The van der Waals surface area contributed by atoms with E-state index in [0.717, 1.165) is 27.5 Å². The molecule has 0 aliphatic rings. The fraction of sp³-hybridized carbons (Fsp3) is 0.0370. The predicted molar refractivity (Wildman–Crippen MR) is 127 cm³/mol. The van der Waals surface area contributed by atoms with E-state index in [1.165, 1.54) is 6.08 Å². The molecule has 0 saturated carbocycles. The number of carbonyl (C=O) groups is 2. The fourth-order valence-electron chi connectivity index (χ4n) is 3.29. The number of nitrogens with one attached hydrogen (secondary N) is 2. The Bertz CT molecular complexity index is 1240. The van der Waals surface area contributed by atoms with Crippen LogP contribution in [0.3, 0.4) is 0 Å². The van der Waals surface area contributed by atoms with E-state index in [1.54, 1.807) is 18.2 Å². The summed E-state index contributed by atoms with van der Waals surface area (Å²) in [5.74, 6) is -0.315. The Morgan fingerprint density at radius 1 is 0.719 bits per heavy atom. The van der Waals surface area contributed by atoms with Gasteiger partial charge in [0.05, 0.1) is 0 Å². The van der Waals surface area contributed by atoms with E-state index in [4.69, 9.17) is 4.74 Å². The van der Waals surface area contributed by atoms with Gasteiger partial charge in [0, 0.05) is 6.08 Å². The molecular weight excluding hydrogens is 400 g/mol. The molecule has 0 aromatic heterocycles. The Morgan fingerprint density at radius 2 is 1.41 bits per heavy atom.